The number of nitrogens with one attached hydrogen (secondary N) is 1. The third-order valence-corrected chi connectivity index (χ3v) is 4.77. The van der Waals surface area contributed by atoms with Crippen molar-refractivity contribution in [2.75, 3.05) is 6.79 Å². The van der Waals surface area contributed by atoms with E-state index in [1.807, 2.05) is 30.3 Å². The number of fused-ring (bicyclic) bond motifs is 1. The van der Waals surface area contributed by atoms with Gasteiger partial charge in [-0.1, -0.05) is 35.5 Å². The third kappa shape index (κ3) is 4.06. The molecule has 5 rings (SSSR count). The number of hydrogen-bond donors (Lipinski definition) is 1. The summed E-state index contributed by atoms with van der Waals surface area (Å²) in [6.07, 6.45) is 0. The van der Waals surface area contributed by atoms with E-state index in [0.29, 0.717) is 29.4 Å². The first kappa shape index (κ1) is 19.5. The predicted octanol–water partition coefficient (Wildman–Crippen LogP) is 2.01. The van der Waals surface area contributed by atoms with Gasteiger partial charge in [0.1, 0.15) is 12.2 Å². The Hall–Kier alpha value is -4.47. The zero-order valence-corrected chi connectivity index (χ0v) is 16.7. The van der Waals surface area contributed by atoms with Crippen molar-refractivity contribution in [1.82, 2.24) is 25.2 Å². The smallest absolute Gasteiger partial charge is 0.278 e. The highest BCUT2D eigenvalue weighted by Gasteiger charge is 2.18. The highest BCUT2D eigenvalue weighted by molar-refractivity contribution is 5.75. The topological polar surface area (TPSA) is 121 Å². The van der Waals surface area contributed by atoms with Gasteiger partial charge < -0.3 is 19.3 Å². The molecular weight excluding hydrogens is 414 g/mol. The van der Waals surface area contributed by atoms with Crippen LogP contribution < -0.4 is 20.3 Å². The van der Waals surface area contributed by atoms with Crippen LogP contribution in [0.25, 0.3) is 23.0 Å². The molecule has 0 radical (unpaired) electrons. The highest BCUT2D eigenvalue weighted by Crippen LogP contribution is 2.35. The fourth-order valence-corrected chi connectivity index (χ4v) is 3.15. The Morgan fingerprint density at radius 3 is 2.75 bits per heavy atom. The first-order chi connectivity index (χ1) is 15.7. The lowest BCUT2D eigenvalue weighted by Crippen LogP contribution is -2.33. The van der Waals surface area contributed by atoms with Crippen LogP contribution in [-0.2, 0) is 17.9 Å². The molecule has 0 aliphatic carbocycles. The minimum Gasteiger partial charge on any atom is -0.454 e. The van der Waals surface area contributed by atoms with Crippen molar-refractivity contribution in [2.24, 2.45) is 0 Å². The lowest BCUT2D eigenvalue weighted by atomic mass is 10.2. The number of ether oxygens (including phenoxy) is 2. The maximum atomic E-state index is 12.3. The van der Waals surface area contributed by atoms with Gasteiger partial charge in [-0.05, 0) is 29.8 Å². The molecule has 1 aliphatic heterocycles. The fourth-order valence-electron chi connectivity index (χ4n) is 3.15. The Bertz CT molecular complexity index is 1330. The molecule has 0 unspecified atom stereocenters. The number of carbonyl (C=O) groups is 1. The number of benzene rings is 2. The molecule has 0 saturated carbocycles. The molecule has 0 spiro atoms. The first-order valence-corrected chi connectivity index (χ1v) is 9.78. The van der Waals surface area contributed by atoms with Crippen LogP contribution in [0.4, 0.5) is 0 Å². The average Bonchev–Trinajstić information content (AvgIpc) is 3.49. The molecule has 1 N–H and O–H groups in total. The highest BCUT2D eigenvalue weighted by atomic mass is 16.7. The molecule has 2 aromatic carbocycles. The van der Waals surface area contributed by atoms with Crippen LogP contribution in [0, 0.1) is 0 Å². The van der Waals surface area contributed by atoms with Gasteiger partial charge in [-0.25, -0.2) is 4.68 Å². The maximum Gasteiger partial charge on any atom is 0.278 e. The van der Waals surface area contributed by atoms with E-state index in [0.717, 1.165) is 10.2 Å². The van der Waals surface area contributed by atoms with E-state index in [4.69, 9.17) is 14.0 Å². The van der Waals surface area contributed by atoms with E-state index >= 15 is 0 Å². The summed E-state index contributed by atoms with van der Waals surface area (Å²) in [5, 5.41) is 10.9. The number of aromatic nitrogens is 4. The fraction of sp³-hybridized carbons (Fsp3) is 0.136. The van der Waals surface area contributed by atoms with E-state index in [9.17, 15) is 9.59 Å². The summed E-state index contributed by atoms with van der Waals surface area (Å²) in [5.41, 5.74) is 1.49. The van der Waals surface area contributed by atoms with E-state index < -0.39 is 5.56 Å². The van der Waals surface area contributed by atoms with Crippen molar-refractivity contribution in [3.63, 3.8) is 0 Å². The van der Waals surface area contributed by atoms with Gasteiger partial charge in [-0.3, -0.25) is 9.59 Å². The summed E-state index contributed by atoms with van der Waals surface area (Å²) in [6.45, 7) is 0.292. The van der Waals surface area contributed by atoms with Gasteiger partial charge in [0.05, 0.1) is 0 Å². The molecule has 2 aromatic heterocycles. The number of carbonyl (C=O) groups excluding carboxylic acids is 1. The molecule has 1 aliphatic rings. The van der Waals surface area contributed by atoms with Gasteiger partial charge in [-0.2, -0.15) is 10.1 Å². The molecule has 10 heteroatoms. The van der Waals surface area contributed by atoms with Gasteiger partial charge in [0.25, 0.3) is 11.4 Å². The van der Waals surface area contributed by atoms with Gasteiger partial charge in [0.15, 0.2) is 11.5 Å². The van der Waals surface area contributed by atoms with Crippen molar-refractivity contribution >= 4 is 5.91 Å². The zero-order chi connectivity index (χ0) is 21.9. The lowest BCUT2D eigenvalue weighted by Gasteiger charge is -2.07. The number of amides is 1. The van der Waals surface area contributed by atoms with Crippen molar-refractivity contribution in [3.05, 3.63) is 76.6 Å². The molecule has 160 valence electrons. The normalized spacial score (nSPS) is 12.0. The third-order valence-electron chi connectivity index (χ3n) is 4.77. The number of rotatable bonds is 6. The van der Waals surface area contributed by atoms with Crippen LogP contribution in [0.1, 0.15) is 5.56 Å². The average molecular weight is 431 g/mol. The summed E-state index contributed by atoms with van der Waals surface area (Å²) in [7, 11) is 0. The van der Waals surface area contributed by atoms with Gasteiger partial charge in [-0.15, -0.1) is 0 Å². The summed E-state index contributed by atoms with van der Waals surface area (Å²) >= 11 is 0. The Balaban J connectivity index is 1.31. The minimum absolute atomic E-state index is 0.121. The Kier molecular flexibility index (Phi) is 5.08. The van der Waals surface area contributed by atoms with Gasteiger partial charge >= 0.3 is 0 Å². The van der Waals surface area contributed by atoms with Crippen LogP contribution in [-0.4, -0.2) is 32.6 Å². The number of hydrogen-bond acceptors (Lipinski definition) is 8. The summed E-state index contributed by atoms with van der Waals surface area (Å²) in [5.74, 6) is 1.36. The Morgan fingerprint density at radius 2 is 1.88 bits per heavy atom. The van der Waals surface area contributed by atoms with Crippen LogP contribution >= 0.6 is 0 Å². The van der Waals surface area contributed by atoms with Crippen molar-refractivity contribution in [3.8, 4) is 34.5 Å². The van der Waals surface area contributed by atoms with Crippen molar-refractivity contribution < 1.29 is 18.8 Å². The van der Waals surface area contributed by atoms with Crippen LogP contribution in [0.2, 0.25) is 0 Å². The molecule has 0 bridgehead atoms. The SMILES string of the molecule is O=C(Cn1nc(-c2nc(-c3ccc4c(c3)OCO4)no2)ccc1=O)NCc1ccccc1. The number of nitrogens with zero attached hydrogens (tertiary/aromatic N) is 4. The van der Waals surface area contributed by atoms with Crippen molar-refractivity contribution in [1.29, 1.82) is 0 Å². The van der Waals surface area contributed by atoms with Crippen LogP contribution in [0.3, 0.4) is 0 Å². The molecular formula is C22H17N5O5. The van der Waals surface area contributed by atoms with Crippen LogP contribution in [0.15, 0.2) is 70.0 Å². The molecule has 0 fully saturated rings. The second kappa shape index (κ2) is 8.34. The first-order valence-electron chi connectivity index (χ1n) is 9.78. The zero-order valence-electron chi connectivity index (χ0n) is 16.7. The standard InChI is InChI=1S/C22H17N5O5/c28-19(23-11-14-4-2-1-3-5-14)12-27-20(29)9-7-16(25-27)22-24-21(26-32-22)15-6-8-17-18(10-15)31-13-30-17/h1-10H,11-13H2,(H,23,28). The molecule has 0 saturated heterocycles. The molecule has 1 amide bonds. The summed E-state index contributed by atoms with van der Waals surface area (Å²) < 4.78 is 17.0. The monoisotopic (exact) mass is 431 g/mol. The minimum atomic E-state index is -0.417. The molecule has 4 aromatic rings. The van der Waals surface area contributed by atoms with Crippen molar-refractivity contribution in [2.45, 2.75) is 13.1 Å². The Morgan fingerprint density at radius 1 is 1.03 bits per heavy atom. The van der Waals surface area contributed by atoms with Gasteiger partial charge in [0.2, 0.25) is 18.5 Å². The Labute approximate surface area is 181 Å². The molecule has 0 atom stereocenters. The summed E-state index contributed by atoms with van der Waals surface area (Å²) in [4.78, 5) is 28.8. The maximum absolute atomic E-state index is 12.3. The molecule has 32 heavy (non-hydrogen) atoms. The largest absolute Gasteiger partial charge is 0.454 e. The summed E-state index contributed by atoms with van der Waals surface area (Å²) in [6, 6.07) is 17.6. The second-order valence-electron chi connectivity index (χ2n) is 6.97. The molecule has 10 nitrogen and oxygen atoms in total. The quantitative estimate of drug-likeness (QED) is 0.492. The predicted molar refractivity (Wildman–Crippen MR) is 112 cm³/mol. The van der Waals surface area contributed by atoms with E-state index in [1.165, 1.54) is 12.1 Å². The van der Waals surface area contributed by atoms with E-state index in [-0.39, 0.29) is 30.8 Å². The van der Waals surface area contributed by atoms with E-state index in [1.54, 1.807) is 18.2 Å². The van der Waals surface area contributed by atoms with Crippen LogP contribution in [0.5, 0.6) is 11.5 Å². The molecule has 3 heterocycles. The van der Waals surface area contributed by atoms with E-state index in [2.05, 4.69) is 20.6 Å². The second-order valence-corrected chi connectivity index (χ2v) is 6.97. The lowest BCUT2D eigenvalue weighted by molar-refractivity contribution is -0.122. The van der Waals surface area contributed by atoms with Gasteiger partial charge in [0, 0.05) is 18.2 Å².